The summed E-state index contributed by atoms with van der Waals surface area (Å²) in [4.78, 5) is 2.44. The van der Waals surface area contributed by atoms with Gasteiger partial charge in [0.1, 0.15) is 18.0 Å². The summed E-state index contributed by atoms with van der Waals surface area (Å²) in [5, 5.41) is 13.9. The van der Waals surface area contributed by atoms with E-state index in [1.165, 1.54) is 12.1 Å². The monoisotopic (exact) mass is 450 g/mol. The Morgan fingerprint density at radius 3 is 2.69 bits per heavy atom. The summed E-state index contributed by atoms with van der Waals surface area (Å²) in [7, 11) is 2.00. The molecule has 0 unspecified atom stereocenters. The number of aromatic nitrogens is 5. The molecule has 1 saturated heterocycles. The lowest BCUT2D eigenvalue weighted by atomic mass is 9.96. The van der Waals surface area contributed by atoms with Crippen LogP contribution in [0.4, 0.5) is 4.39 Å². The smallest absolute Gasteiger partial charge is 0.136 e. The van der Waals surface area contributed by atoms with Gasteiger partial charge >= 0.3 is 0 Å². The third-order valence-electron chi connectivity index (χ3n) is 6.02. The van der Waals surface area contributed by atoms with E-state index < -0.39 is 0 Å². The van der Waals surface area contributed by atoms with Crippen LogP contribution in [0.1, 0.15) is 30.1 Å². The van der Waals surface area contributed by atoms with Crippen molar-refractivity contribution in [3.63, 3.8) is 0 Å². The van der Waals surface area contributed by atoms with E-state index in [0.29, 0.717) is 10.9 Å². The molecular weight excluding hydrogens is 427 g/mol. The summed E-state index contributed by atoms with van der Waals surface area (Å²) in [5.41, 5.74) is 3.63. The lowest BCUT2D eigenvalue weighted by molar-refractivity contribution is 0.195. The molecule has 1 aliphatic heterocycles. The number of benzene rings is 2. The molecule has 1 aliphatic rings. The van der Waals surface area contributed by atoms with E-state index in [4.69, 9.17) is 16.7 Å². The van der Waals surface area contributed by atoms with Gasteiger partial charge in [0, 0.05) is 43.4 Å². The Morgan fingerprint density at radius 2 is 1.94 bits per heavy atom. The van der Waals surface area contributed by atoms with Crippen molar-refractivity contribution in [3.05, 3.63) is 83.3 Å². The molecule has 5 rings (SSSR count). The minimum Gasteiger partial charge on any atom is -0.320 e. The van der Waals surface area contributed by atoms with Gasteiger partial charge in [0.2, 0.25) is 0 Å². The first kappa shape index (κ1) is 20.8. The Balaban J connectivity index is 1.47. The lowest BCUT2D eigenvalue weighted by Crippen LogP contribution is -2.34. The maximum Gasteiger partial charge on any atom is 0.136 e. The Kier molecular flexibility index (Phi) is 5.76. The Morgan fingerprint density at radius 1 is 1.12 bits per heavy atom. The van der Waals surface area contributed by atoms with Gasteiger partial charge in [-0.15, -0.1) is 10.2 Å². The summed E-state index contributed by atoms with van der Waals surface area (Å²) >= 11 is 6.53. The van der Waals surface area contributed by atoms with Crippen molar-refractivity contribution in [1.82, 2.24) is 29.4 Å². The van der Waals surface area contributed by atoms with Crippen LogP contribution < -0.4 is 0 Å². The van der Waals surface area contributed by atoms with Crippen LogP contribution in [-0.4, -0.2) is 42.5 Å². The van der Waals surface area contributed by atoms with Gasteiger partial charge in [0.15, 0.2) is 0 Å². The normalized spacial score (nSPS) is 17.0. The SMILES string of the molecule is Cn1cnnc1[C@@H]1CCCN(Cc2cn(-c3ccc(F)cc3)nc2-c2ccccc2Cl)C1. The highest BCUT2D eigenvalue weighted by molar-refractivity contribution is 6.33. The average molecular weight is 451 g/mol. The standard InChI is InChI=1S/C24H24ClFN6/c1-30-16-27-28-24(30)17-5-4-12-31(13-17)14-18-15-32(20-10-8-19(26)9-11-20)29-23(18)21-6-2-3-7-22(21)25/h2-3,6-11,15-17H,4-5,12-14H2,1H3/t17-/m1/s1. The van der Waals surface area contributed by atoms with E-state index in [-0.39, 0.29) is 5.82 Å². The molecule has 32 heavy (non-hydrogen) atoms. The van der Waals surface area contributed by atoms with Gasteiger partial charge in [-0.1, -0.05) is 29.8 Å². The highest BCUT2D eigenvalue weighted by atomic mass is 35.5. The van der Waals surface area contributed by atoms with Crippen molar-refractivity contribution in [2.75, 3.05) is 13.1 Å². The predicted octanol–water partition coefficient (Wildman–Crippen LogP) is 4.84. The van der Waals surface area contributed by atoms with Crippen LogP contribution >= 0.6 is 11.6 Å². The predicted molar refractivity (Wildman–Crippen MR) is 122 cm³/mol. The van der Waals surface area contributed by atoms with E-state index in [2.05, 4.69) is 15.1 Å². The molecule has 1 fully saturated rings. The van der Waals surface area contributed by atoms with Crippen LogP contribution in [0.2, 0.25) is 5.02 Å². The molecule has 0 amide bonds. The molecule has 0 N–H and O–H groups in total. The highest BCUT2D eigenvalue weighted by Crippen LogP contribution is 2.32. The molecule has 2 aromatic heterocycles. The van der Waals surface area contributed by atoms with Gasteiger partial charge in [0.05, 0.1) is 16.4 Å². The second-order valence-electron chi connectivity index (χ2n) is 8.28. The van der Waals surface area contributed by atoms with E-state index in [0.717, 1.165) is 60.8 Å². The number of halogens is 2. The number of piperidine rings is 1. The van der Waals surface area contributed by atoms with Gasteiger partial charge in [-0.25, -0.2) is 9.07 Å². The second kappa shape index (κ2) is 8.84. The molecule has 0 bridgehead atoms. The zero-order valence-corrected chi connectivity index (χ0v) is 18.6. The number of hydrogen-bond donors (Lipinski definition) is 0. The van der Waals surface area contributed by atoms with Crippen LogP contribution in [-0.2, 0) is 13.6 Å². The second-order valence-corrected chi connectivity index (χ2v) is 8.69. The van der Waals surface area contributed by atoms with Crippen molar-refractivity contribution in [1.29, 1.82) is 0 Å². The zero-order chi connectivity index (χ0) is 22.1. The Bertz CT molecular complexity index is 1220. The molecule has 0 saturated carbocycles. The quantitative estimate of drug-likeness (QED) is 0.436. The molecule has 0 aliphatic carbocycles. The first-order valence-electron chi connectivity index (χ1n) is 10.7. The molecule has 8 heteroatoms. The molecule has 4 aromatic rings. The minimum absolute atomic E-state index is 0.268. The molecular formula is C24H24ClFN6. The lowest BCUT2D eigenvalue weighted by Gasteiger charge is -2.32. The zero-order valence-electron chi connectivity index (χ0n) is 17.8. The highest BCUT2D eigenvalue weighted by Gasteiger charge is 2.26. The number of nitrogens with zero attached hydrogens (tertiary/aromatic N) is 6. The number of aryl methyl sites for hydroxylation is 1. The average Bonchev–Trinajstić information content (AvgIpc) is 3.41. The fourth-order valence-electron chi connectivity index (χ4n) is 4.44. The first-order chi connectivity index (χ1) is 15.6. The minimum atomic E-state index is -0.268. The van der Waals surface area contributed by atoms with Crippen LogP contribution in [0, 0.1) is 5.82 Å². The van der Waals surface area contributed by atoms with Gasteiger partial charge < -0.3 is 4.57 Å². The molecule has 6 nitrogen and oxygen atoms in total. The van der Waals surface area contributed by atoms with Crippen LogP contribution in [0.25, 0.3) is 16.9 Å². The summed E-state index contributed by atoms with van der Waals surface area (Å²) in [6, 6.07) is 14.1. The van der Waals surface area contributed by atoms with Crippen LogP contribution in [0.15, 0.2) is 61.1 Å². The van der Waals surface area contributed by atoms with Crippen molar-refractivity contribution in [2.24, 2.45) is 7.05 Å². The fourth-order valence-corrected chi connectivity index (χ4v) is 4.67. The molecule has 1 atom stereocenters. The number of likely N-dealkylation sites (tertiary alicyclic amines) is 1. The maximum atomic E-state index is 13.4. The van der Waals surface area contributed by atoms with Crippen molar-refractivity contribution >= 4 is 11.6 Å². The topological polar surface area (TPSA) is 51.8 Å². The summed E-state index contributed by atoms with van der Waals surface area (Å²) in [5.74, 6) is 1.12. The summed E-state index contributed by atoms with van der Waals surface area (Å²) < 4.78 is 17.2. The molecule has 0 radical (unpaired) electrons. The third-order valence-corrected chi connectivity index (χ3v) is 6.35. The third kappa shape index (κ3) is 4.18. The van der Waals surface area contributed by atoms with E-state index in [9.17, 15) is 4.39 Å². The van der Waals surface area contributed by atoms with Gasteiger partial charge in [-0.2, -0.15) is 5.10 Å². The van der Waals surface area contributed by atoms with Crippen LogP contribution in [0.3, 0.4) is 0 Å². The van der Waals surface area contributed by atoms with E-state index in [1.807, 2.05) is 42.1 Å². The van der Waals surface area contributed by atoms with Crippen molar-refractivity contribution < 1.29 is 4.39 Å². The fraction of sp³-hybridized carbons (Fsp3) is 0.292. The van der Waals surface area contributed by atoms with Crippen molar-refractivity contribution in [3.8, 4) is 16.9 Å². The Labute approximate surface area is 191 Å². The van der Waals surface area contributed by atoms with Gasteiger partial charge in [-0.3, -0.25) is 4.90 Å². The molecule has 2 aromatic carbocycles. The summed E-state index contributed by atoms with van der Waals surface area (Å²) in [6.07, 6.45) is 5.99. The van der Waals surface area contributed by atoms with Gasteiger partial charge in [-0.05, 0) is 49.7 Å². The number of rotatable bonds is 5. The molecule has 0 spiro atoms. The summed E-state index contributed by atoms with van der Waals surface area (Å²) in [6.45, 7) is 2.67. The largest absolute Gasteiger partial charge is 0.320 e. The maximum absolute atomic E-state index is 13.4. The van der Waals surface area contributed by atoms with E-state index >= 15 is 0 Å². The number of hydrogen-bond acceptors (Lipinski definition) is 4. The van der Waals surface area contributed by atoms with E-state index in [1.54, 1.807) is 23.1 Å². The molecule has 3 heterocycles. The first-order valence-corrected chi connectivity index (χ1v) is 11.1. The van der Waals surface area contributed by atoms with Gasteiger partial charge in [0.25, 0.3) is 0 Å². The van der Waals surface area contributed by atoms with Crippen molar-refractivity contribution in [2.45, 2.75) is 25.3 Å². The Hall–Kier alpha value is -3.03. The molecule has 164 valence electrons. The van der Waals surface area contributed by atoms with Crippen LogP contribution in [0.5, 0.6) is 0 Å².